The summed E-state index contributed by atoms with van der Waals surface area (Å²) >= 11 is 0. The average Bonchev–Trinajstić information content (AvgIpc) is 2.92. The maximum Gasteiger partial charge on any atom is 0.325 e. The van der Waals surface area contributed by atoms with Crippen molar-refractivity contribution in [1.82, 2.24) is 15.5 Å². The first kappa shape index (κ1) is 22.5. The van der Waals surface area contributed by atoms with Crippen LogP contribution in [0.1, 0.15) is 49.9 Å². The second kappa shape index (κ2) is 8.13. The zero-order valence-electron chi connectivity index (χ0n) is 18.5. The van der Waals surface area contributed by atoms with Crippen LogP contribution >= 0.6 is 0 Å². The first-order valence-corrected chi connectivity index (χ1v) is 10.2. The number of nitrogens with one attached hydrogen (secondary N) is 2. The van der Waals surface area contributed by atoms with Gasteiger partial charge in [-0.3, -0.25) is 14.5 Å². The molecule has 0 bridgehead atoms. The quantitative estimate of drug-likeness (QED) is 0.720. The SMILES string of the molecule is Cc1ccc(CNC(=O)CN2C(=O)NC(C)(c3ccc(C(C)(C)C)cc3)C2=O)cc1F. The lowest BCUT2D eigenvalue weighted by Crippen LogP contribution is -2.43. The van der Waals surface area contributed by atoms with Gasteiger partial charge in [-0.05, 0) is 47.6 Å². The molecule has 0 aliphatic carbocycles. The molecule has 0 saturated carbocycles. The third-order valence-corrected chi connectivity index (χ3v) is 5.63. The number of hydrogen-bond acceptors (Lipinski definition) is 3. The van der Waals surface area contributed by atoms with Crippen molar-refractivity contribution >= 4 is 17.8 Å². The Balaban J connectivity index is 1.67. The highest BCUT2D eigenvalue weighted by molar-refractivity contribution is 6.09. The molecule has 1 fully saturated rings. The number of aryl methyl sites for hydroxylation is 1. The Morgan fingerprint density at radius 3 is 2.35 bits per heavy atom. The number of rotatable bonds is 5. The molecule has 1 aliphatic heterocycles. The molecule has 2 N–H and O–H groups in total. The number of benzene rings is 2. The van der Waals surface area contributed by atoms with Gasteiger partial charge in [-0.25, -0.2) is 9.18 Å². The van der Waals surface area contributed by atoms with Crippen LogP contribution in [0.2, 0.25) is 0 Å². The molecule has 1 aliphatic rings. The van der Waals surface area contributed by atoms with Crippen molar-refractivity contribution in [2.45, 2.75) is 52.1 Å². The Labute approximate surface area is 181 Å². The molecular formula is C24H28FN3O3. The molecule has 1 saturated heterocycles. The number of carbonyl (C=O) groups excluding carboxylic acids is 3. The lowest BCUT2D eigenvalue weighted by atomic mass is 9.84. The van der Waals surface area contributed by atoms with Gasteiger partial charge in [-0.1, -0.05) is 57.2 Å². The minimum Gasteiger partial charge on any atom is -0.350 e. The highest BCUT2D eigenvalue weighted by atomic mass is 19.1. The van der Waals surface area contributed by atoms with Gasteiger partial charge in [0.15, 0.2) is 0 Å². The summed E-state index contributed by atoms with van der Waals surface area (Å²) in [7, 11) is 0. The van der Waals surface area contributed by atoms with Crippen LogP contribution in [0.25, 0.3) is 0 Å². The highest BCUT2D eigenvalue weighted by Gasteiger charge is 2.49. The average molecular weight is 426 g/mol. The van der Waals surface area contributed by atoms with Crippen molar-refractivity contribution in [3.63, 3.8) is 0 Å². The molecule has 2 aromatic rings. The summed E-state index contributed by atoms with van der Waals surface area (Å²) in [5, 5.41) is 5.33. The molecule has 1 unspecified atom stereocenters. The number of imide groups is 1. The predicted molar refractivity (Wildman–Crippen MR) is 116 cm³/mol. The summed E-state index contributed by atoms with van der Waals surface area (Å²) in [6, 6.07) is 11.6. The highest BCUT2D eigenvalue weighted by Crippen LogP contribution is 2.31. The Hall–Kier alpha value is -3.22. The zero-order valence-corrected chi connectivity index (χ0v) is 18.5. The van der Waals surface area contributed by atoms with Crippen LogP contribution < -0.4 is 10.6 Å². The second-order valence-corrected chi connectivity index (χ2v) is 9.13. The maximum atomic E-state index is 13.7. The van der Waals surface area contributed by atoms with Gasteiger partial charge in [-0.15, -0.1) is 0 Å². The summed E-state index contributed by atoms with van der Waals surface area (Å²) in [5.41, 5.74) is 1.60. The molecule has 6 nitrogen and oxygen atoms in total. The van der Waals surface area contributed by atoms with Crippen LogP contribution in [0, 0.1) is 12.7 Å². The van der Waals surface area contributed by atoms with Gasteiger partial charge in [0.2, 0.25) is 5.91 Å². The topological polar surface area (TPSA) is 78.5 Å². The number of amides is 4. The van der Waals surface area contributed by atoms with Crippen molar-refractivity contribution in [3.8, 4) is 0 Å². The smallest absolute Gasteiger partial charge is 0.325 e. The van der Waals surface area contributed by atoms with E-state index in [2.05, 4.69) is 31.4 Å². The summed E-state index contributed by atoms with van der Waals surface area (Å²) < 4.78 is 13.7. The molecule has 3 rings (SSSR count). The van der Waals surface area contributed by atoms with E-state index in [0.717, 1.165) is 10.5 Å². The summed E-state index contributed by atoms with van der Waals surface area (Å²) in [4.78, 5) is 38.7. The molecular weight excluding hydrogens is 397 g/mol. The van der Waals surface area contributed by atoms with Crippen LogP contribution in [0.4, 0.5) is 9.18 Å². The molecule has 4 amide bonds. The number of carbonyl (C=O) groups is 3. The first-order chi connectivity index (χ1) is 14.4. The number of urea groups is 1. The minimum absolute atomic E-state index is 0.0349. The van der Waals surface area contributed by atoms with Crippen LogP contribution in [0.15, 0.2) is 42.5 Å². The van der Waals surface area contributed by atoms with Gasteiger partial charge >= 0.3 is 6.03 Å². The Bertz CT molecular complexity index is 1030. The Morgan fingerprint density at radius 1 is 1.13 bits per heavy atom. The third kappa shape index (κ3) is 4.60. The van der Waals surface area contributed by atoms with Crippen molar-refractivity contribution in [2.24, 2.45) is 0 Å². The van der Waals surface area contributed by atoms with E-state index in [1.807, 2.05) is 24.3 Å². The minimum atomic E-state index is -1.24. The van der Waals surface area contributed by atoms with Gasteiger partial charge in [0.25, 0.3) is 5.91 Å². The van der Waals surface area contributed by atoms with E-state index in [1.165, 1.54) is 6.07 Å². The fourth-order valence-electron chi connectivity index (χ4n) is 3.49. The number of hydrogen-bond donors (Lipinski definition) is 2. The molecule has 1 atom stereocenters. The third-order valence-electron chi connectivity index (χ3n) is 5.63. The first-order valence-electron chi connectivity index (χ1n) is 10.2. The van der Waals surface area contributed by atoms with Crippen molar-refractivity contribution < 1.29 is 18.8 Å². The summed E-state index contributed by atoms with van der Waals surface area (Å²) in [6.07, 6.45) is 0. The van der Waals surface area contributed by atoms with E-state index in [0.29, 0.717) is 16.7 Å². The van der Waals surface area contributed by atoms with Crippen LogP contribution in [0.5, 0.6) is 0 Å². The molecule has 0 spiro atoms. The van der Waals surface area contributed by atoms with E-state index >= 15 is 0 Å². The van der Waals surface area contributed by atoms with E-state index in [1.54, 1.807) is 26.0 Å². The summed E-state index contributed by atoms with van der Waals surface area (Å²) in [5.74, 6) is -1.34. The van der Waals surface area contributed by atoms with Crippen LogP contribution in [0.3, 0.4) is 0 Å². The zero-order chi connectivity index (χ0) is 23.0. The number of nitrogens with zero attached hydrogens (tertiary/aromatic N) is 1. The van der Waals surface area contributed by atoms with E-state index in [4.69, 9.17) is 0 Å². The molecule has 2 aromatic carbocycles. The molecule has 0 radical (unpaired) electrons. The van der Waals surface area contributed by atoms with Gasteiger partial charge in [0.05, 0.1) is 0 Å². The predicted octanol–water partition coefficient (Wildman–Crippen LogP) is 3.52. The second-order valence-electron chi connectivity index (χ2n) is 9.13. The van der Waals surface area contributed by atoms with Crippen molar-refractivity contribution in [2.75, 3.05) is 6.54 Å². The monoisotopic (exact) mass is 425 g/mol. The van der Waals surface area contributed by atoms with Gasteiger partial charge < -0.3 is 10.6 Å². The fraction of sp³-hybridized carbons (Fsp3) is 0.375. The summed E-state index contributed by atoms with van der Waals surface area (Å²) in [6.45, 7) is 9.27. The fourth-order valence-corrected chi connectivity index (χ4v) is 3.49. The van der Waals surface area contributed by atoms with Gasteiger partial charge in [-0.2, -0.15) is 0 Å². The van der Waals surface area contributed by atoms with Crippen molar-refractivity contribution in [3.05, 3.63) is 70.5 Å². The molecule has 164 valence electrons. The normalized spacial score (nSPS) is 18.8. The standard InChI is InChI=1S/C24H28FN3O3/c1-15-6-7-16(12-19(15)25)13-26-20(29)14-28-21(30)24(5,27-22(28)31)18-10-8-17(9-11-18)23(2,3)4/h6-12H,13-14H2,1-5H3,(H,26,29)(H,27,31). The Morgan fingerprint density at radius 2 is 1.77 bits per heavy atom. The lowest BCUT2D eigenvalue weighted by Gasteiger charge is -2.24. The molecule has 0 aromatic heterocycles. The molecule has 31 heavy (non-hydrogen) atoms. The lowest BCUT2D eigenvalue weighted by molar-refractivity contribution is -0.134. The van der Waals surface area contributed by atoms with Gasteiger partial charge in [0, 0.05) is 6.54 Å². The Kier molecular flexibility index (Phi) is 5.89. The van der Waals surface area contributed by atoms with Crippen molar-refractivity contribution in [1.29, 1.82) is 0 Å². The van der Waals surface area contributed by atoms with E-state index in [9.17, 15) is 18.8 Å². The molecule has 7 heteroatoms. The van der Waals surface area contributed by atoms with Crippen LogP contribution in [-0.2, 0) is 27.1 Å². The molecule has 1 heterocycles. The van der Waals surface area contributed by atoms with Gasteiger partial charge in [0.1, 0.15) is 17.9 Å². The van der Waals surface area contributed by atoms with Crippen LogP contribution in [-0.4, -0.2) is 29.3 Å². The maximum absolute atomic E-state index is 13.7. The van der Waals surface area contributed by atoms with E-state index < -0.39 is 29.9 Å². The number of halogens is 1. The largest absolute Gasteiger partial charge is 0.350 e. The van der Waals surface area contributed by atoms with E-state index in [-0.39, 0.29) is 17.8 Å².